The molecule has 0 fully saturated rings. The molecule has 0 bridgehead atoms. The summed E-state index contributed by atoms with van der Waals surface area (Å²) in [6, 6.07) is 31.5. The van der Waals surface area contributed by atoms with E-state index in [-0.39, 0.29) is 12.3 Å². The van der Waals surface area contributed by atoms with Gasteiger partial charge in [-0.15, -0.1) is 0 Å². The first-order chi connectivity index (χ1) is 15.1. The van der Waals surface area contributed by atoms with Crippen LogP contribution in [0.5, 0.6) is 0 Å². The van der Waals surface area contributed by atoms with E-state index in [1.54, 1.807) is 0 Å². The lowest BCUT2D eigenvalue weighted by atomic mass is 9.90. The SMILES string of the molecule is O=C(N[C@H](Cc1cccc2ccccc12)C(=O)O)C(c1ccccc1)c1ccccc1. The molecule has 1 amide bonds. The molecule has 4 nitrogen and oxygen atoms in total. The maximum atomic E-state index is 13.3. The predicted molar refractivity (Wildman–Crippen MR) is 122 cm³/mol. The Hall–Kier alpha value is -3.92. The first kappa shape index (κ1) is 20.4. The Morgan fingerprint density at radius 1 is 0.710 bits per heavy atom. The number of hydrogen-bond donors (Lipinski definition) is 2. The molecule has 4 heteroatoms. The van der Waals surface area contributed by atoms with Crippen molar-refractivity contribution in [2.75, 3.05) is 0 Å². The molecule has 0 unspecified atom stereocenters. The van der Waals surface area contributed by atoms with Crippen molar-refractivity contribution in [1.82, 2.24) is 5.32 Å². The Morgan fingerprint density at radius 3 is 1.87 bits per heavy atom. The minimum atomic E-state index is -1.05. The summed E-state index contributed by atoms with van der Waals surface area (Å²) >= 11 is 0. The number of carboxylic acid groups (broad SMARTS) is 1. The second-order valence-corrected chi connectivity index (χ2v) is 7.50. The van der Waals surface area contributed by atoms with Gasteiger partial charge in [-0.3, -0.25) is 4.79 Å². The lowest BCUT2D eigenvalue weighted by Crippen LogP contribution is -2.44. The van der Waals surface area contributed by atoms with Crippen LogP contribution >= 0.6 is 0 Å². The minimum absolute atomic E-state index is 0.207. The zero-order valence-corrected chi connectivity index (χ0v) is 16.9. The monoisotopic (exact) mass is 409 g/mol. The standard InChI is InChI=1S/C27H23NO3/c29-26(25(20-11-3-1-4-12-20)21-13-5-2-6-14-21)28-24(27(30)31)18-22-16-9-15-19-10-7-8-17-23(19)22/h1-17,24-25H,18H2,(H,28,29)(H,30,31)/t24-/m1/s1. The molecule has 0 aromatic heterocycles. The van der Waals surface area contributed by atoms with E-state index in [4.69, 9.17) is 0 Å². The fourth-order valence-corrected chi connectivity index (χ4v) is 3.93. The van der Waals surface area contributed by atoms with Crippen LogP contribution in [0.25, 0.3) is 10.8 Å². The summed E-state index contributed by atoms with van der Waals surface area (Å²) < 4.78 is 0. The van der Waals surface area contributed by atoms with Crippen molar-refractivity contribution in [2.45, 2.75) is 18.4 Å². The molecule has 0 saturated heterocycles. The van der Waals surface area contributed by atoms with Gasteiger partial charge < -0.3 is 10.4 Å². The van der Waals surface area contributed by atoms with Gasteiger partial charge in [0.25, 0.3) is 0 Å². The topological polar surface area (TPSA) is 66.4 Å². The highest BCUT2D eigenvalue weighted by molar-refractivity contribution is 5.91. The number of fused-ring (bicyclic) bond motifs is 1. The van der Waals surface area contributed by atoms with E-state index >= 15 is 0 Å². The largest absolute Gasteiger partial charge is 0.480 e. The highest BCUT2D eigenvalue weighted by Gasteiger charge is 2.28. The number of benzene rings is 4. The third kappa shape index (κ3) is 4.64. The molecule has 4 aromatic carbocycles. The van der Waals surface area contributed by atoms with Gasteiger partial charge in [0.2, 0.25) is 5.91 Å². The predicted octanol–water partition coefficient (Wildman–Crippen LogP) is 4.78. The van der Waals surface area contributed by atoms with Crippen molar-refractivity contribution in [3.8, 4) is 0 Å². The van der Waals surface area contributed by atoms with Gasteiger partial charge in [-0.1, -0.05) is 103 Å². The fourth-order valence-electron chi connectivity index (χ4n) is 3.93. The molecule has 1 atom stereocenters. The van der Waals surface area contributed by atoms with Gasteiger partial charge in [-0.05, 0) is 27.5 Å². The van der Waals surface area contributed by atoms with E-state index in [0.29, 0.717) is 0 Å². The van der Waals surface area contributed by atoms with Gasteiger partial charge in [0, 0.05) is 6.42 Å². The molecule has 0 radical (unpaired) electrons. The van der Waals surface area contributed by atoms with Gasteiger partial charge in [0.15, 0.2) is 0 Å². The van der Waals surface area contributed by atoms with Crippen LogP contribution < -0.4 is 5.32 Å². The fraction of sp³-hybridized carbons (Fsp3) is 0.111. The number of carbonyl (C=O) groups excluding carboxylic acids is 1. The second kappa shape index (κ2) is 9.26. The smallest absolute Gasteiger partial charge is 0.326 e. The van der Waals surface area contributed by atoms with Crippen LogP contribution in [0.2, 0.25) is 0 Å². The van der Waals surface area contributed by atoms with E-state index in [9.17, 15) is 14.7 Å². The first-order valence-corrected chi connectivity index (χ1v) is 10.2. The lowest BCUT2D eigenvalue weighted by molar-refractivity contribution is -0.141. The van der Waals surface area contributed by atoms with E-state index in [1.807, 2.05) is 103 Å². The Balaban J connectivity index is 1.63. The number of nitrogens with one attached hydrogen (secondary N) is 1. The Morgan fingerprint density at radius 2 is 1.26 bits per heavy atom. The average Bonchev–Trinajstić information content (AvgIpc) is 2.80. The van der Waals surface area contributed by atoms with E-state index < -0.39 is 17.9 Å². The van der Waals surface area contributed by atoms with Gasteiger partial charge in [0.1, 0.15) is 6.04 Å². The van der Waals surface area contributed by atoms with Crippen molar-refractivity contribution in [3.05, 3.63) is 120 Å². The van der Waals surface area contributed by atoms with E-state index in [1.165, 1.54) is 0 Å². The number of amides is 1. The maximum Gasteiger partial charge on any atom is 0.326 e. The molecule has 31 heavy (non-hydrogen) atoms. The summed E-state index contributed by atoms with van der Waals surface area (Å²) in [7, 11) is 0. The number of carbonyl (C=O) groups is 2. The van der Waals surface area contributed by atoms with Crippen LogP contribution in [0.1, 0.15) is 22.6 Å². The Labute approximate surface area is 181 Å². The third-order valence-electron chi connectivity index (χ3n) is 5.45. The lowest BCUT2D eigenvalue weighted by Gasteiger charge is -2.22. The molecule has 4 aromatic rings. The first-order valence-electron chi connectivity index (χ1n) is 10.2. The highest BCUT2D eigenvalue weighted by Crippen LogP contribution is 2.25. The molecular weight excluding hydrogens is 386 g/mol. The number of carboxylic acids is 1. The van der Waals surface area contributed by atoms with Crippen molar-refractivity contribution < 1.29 is 14.7 Å². The highest BCUT2D eigenvalue weighted by atomic mass is 16.4. The number of hydrogen-bond acceptors (Lipinski definition) is 2. The van der Waals surface area contributed by atoms with Crippen LogP contribution in [0.4, 0.5) is 0 Å². The molecule has 154 valence electrons. The molecule has 4 rings (SSSR count). The van der Waals surface area contributed by atoms with Crippen LogP contribution in [0.15, 0.2) is 103 Å². The molecule has 2 N–H and O–H groups in total. The molecule has 0 spiro atoms. The van der Waals surface area contributed by atoms with Gasteiger partial charge in [-0.2, -0.15) is 0 Å². The molecule has 0 heterocycles. The summed E-state index contributed by atoms with van der Waals surface area (Å²) in [6.45, 7) is 0. The van der Waals surface area contributed by atoms with Crippen LogP contribution in [-0.2, 0) is 16.0 Å². The van der Waals surface area contributed by atoms with Gasteiger partial charge in [-0.25, -0.2) is 4.79 Å². The maximum absolute atomic E-state index is 13.3. The summed E-state index contributed by atoms with van der Waals surface area (Å²) in [4.78, 5) is 25.4. The third-order valence-corrected chi connectivity index (χ3v) is 5.45. The zero-order chi connectivity index (χ0) is 21.6. The second-order valence-electron chi connectivity index (χ2n) is 7.50. The van der Waals surface area contributed by atoms with E-state index in [2.05, 4.69) is 5.32 Å². The molecule has 0 aliphatic heterocycles. The summed E-state index contributed by atoms with van der Waals surface area (Å²) in [6.07, 6.45) is 0.207. The Bertz CT molecular complexity index is 1140. The van der Waals surface area contributed by atoms with Crippen LogP contribution in [0, 0.1) is 0 Å². The number of aliphatic carboxylic acids is 1. The quantitative estimate of drug-likeness (QED) is 0.461. The number of rotatable bonds is 7. The molecule has 0 aliphatic carbocycles. The summed E-state index contributed by atoms with van der Waals surface area (Å²) in [5.74, 6) is -1.97. The van der Waals surface area contributed by atoms with Gasteiger partial charge in [0.05, 0.1) is 5.92 Å². The molecular formula is C27H23NO3. The van der Waals surface area contributed by atoms with Crippen molar-refractivity contribution in [1.29, 1.82) is 0 Å². The molecule has 0 aliphatic rings. The van der Waals surface area contributed by atoms with Crippen LogP contribution in [0.3, 0.4) is 0 Å². The minimum Gasteiger partial charge on any atom is -0.480 e. The normalized spacial score (nSPS) is 11.9. The van der Waals surface area contributed by atoms with Crippen LogP contribution in [-0.4, -0.2) is 23.0 Å². The van der Waals surface area contributed by atoms with Crippen molar-refractivity contribution in [2.24, 2.45) is 0 Å². The average molecular weight is 409 g/mol. The Kier molecular flexibility index (Phi) is 6.08. The zero-order valence-electron chi connectivity index (χ0n) is 16.9. The summed E-state index contributed by atoms with van der Waals surface area (Å²) in [5.41, 5.74) is 2.53. The van der Waals surface area contributed by atoms with Gasteiger partial charge >= 0.3 is 5.97 Å². The van der Waals surface area contributed by atoms with E-state index in [0.717, 1.165) is 27.5 Å². The molecule has 0 saturated carbocycles. The van der Waals surface area contributed by atoms with Crippen molar-refractivity contribution in [3.63, 3.8) is 0 Å². The van der Waals surface area contributed by atoms with Crippen molar-refractivity contribution >= 4 is 22.6 Å². The summed E-state index contributed by atoms with van der Waals surface area (Å²) in [5, 5.41) is 14.7.